The van der Waals surface area contributed by atoms with Crippen LogP contribution in [-0.4, -0.2) is 0 Å². The highest BCUT2D eigenvalue weighted by molar-refractivity contribution is 6.22. The van der Waals surface area contributed by atoms with Crippen LogP contribution < -0.4 is 4.90 Å². The predicted molar refractivity (Wildman–Crippen MR) is 270 cm³/mol. The van der Waals surface area contributed by atoms with Crippen molar-refractivity contribution < 1.29 is 0 Å². The maximum atomic E-state index is 2.40. The fraction of sp³-hybridized carbons (Fsp3) is 0. The summed E-state index contributed by atoms with van der Waals surface area (Å²) in [5.74, 6) is 0. The van der Waals surface area contributed by atoms with Gasteiger partial charge in [-0.15, -0.1) is 0 Å². The van der Waals surface area contributed by atoms with Gasteiger partial charge in [-0.3, -0.25) is 0 Å². The fourth-order valence-electron chi connectivity index (χ4n) is 9.83. The van der Waals surface area contributed by atoms with Gasteiger partial charge in [0.2, 0.25) is 0 Å². The molecule has 0 spiro atoms. The van der Waals surface area contributed by atoms with Crippen molar-refractivity contribution in [3.05, 3.63) is 249 Å². The second kappa shape index (κ2) is 15.3. The summed E-state index contributed by atoms with van der Waals surface area (Å²) in [6.07, 6.45) is 0. The molecule has 0 saturated carbocycles. The zero-order valence-electron chi connectivity index (χ0n) is 34.6. The maximum Gasteiger partial charge on any atom is 0.0468 e. The number of fused-ring (bicyclic) bond motifs is 7. The summed E-state index contributed by atoms with van der Waals surface area (Å²) in [7, 11) is 0. The average Bonchev–Trinajstić information content (AvgIpc) is 3.36. The van der Waals surface area contributed by atoms with Crippen molar-refractivity contribution in [3.8, 4) is 44.5 Å². The van der Waals surface area contributed by atoms with Crippen molar-refractivity contribution in [3.63, 3.8) is 0 Å². The molecule has 0 N–H and O–H groups in total. The smallest absolute Gasteiger partial charge is 0.0468 e. The predicted octanol–water partition coefficient (Wildman–Crippen LogP) is 17.6. The summed E-state index contributed by atoms with van der Waals surface area (Å²) in [6.45, 7) is 0. The van der Waals surface area contributed by atoms with Crippen LogP contribution in [0.5, 0.6) is 0 Å². The van der Waals surface area contributed by atoms with E-state index in [1.54, 1.807) is 0 Å². The minimum atomic E-state index is 1.10. The third-order valence-electron chi connectivity index (χ3n) is 12.8. The van der Waals surface area contributed by atoms with E-state index in [0.29, 0.717) is 0 Å². The molecular weight excluding hydrogens is 759 g/mol. The van der Waals surface area contributed by atoms with Crippen LogP contribution in [0.2, 0.25) is 0 Å². The highest BCUT2D eigenvalue weighted by Crippen LogP contribution is 2.46. The van der Waals surface area contributed by atoms with Crippen LogP contribution in [0.3, 0.4) is 0 Å². The van der Waals surface area contributed by atoms with E-state index in [1.165, 1.54) is 98.4 Å². The monoisotopic (exact) mass is 799 g/mol. The average molecular weight is 800 g/mol. The molecule has 0 aliphatic rings. The third-order valence-corrected chi connectivity index (χ3v) is 12.8. The van der Waals surface area contributed by atoms with Crippen LogP contribution in [0.15, 0.2) is 249 Å². The van der Waals surface area contributed by atoms with Gasteiger partial charge in [0.25, 0.3) is 0 Å². The van der Waals surface area contributed by atoms with E-state index in [-0.39, 0.29) is 0 Å². The second-order valence-electron chi connectivity index (χ2n) is 16.4. The third kappa shape index (κ3) is 6.42. The van der Waals surface area contributed by atoms with Gasteiger partial charge < -0.3 is 4.90 Å². The highest BCUT2D eigenvalue weighted by Gasteiger charge is 2.19. The summed E-state index contributed by atoms with van der Waals surface area (Å²) in [5, 5.41) is 12.6. The van der Waals surface area contributed by atoms with Crippen molar-refractivity contribution in [2.75, 3.05) is 4.90 Å². The Hall–Kier alpha value is -8.26. The standard InChI is InChI=1S/C62H41N/c1-3-16-46(17-4-1)61-59-23-12-11-22-56(59)58-39-32-49(41-60(58)62(61)47-18-5-2-6-19-47)43-26-33-50(34-27-43)63(52-37-28-42-14-7-8-20-48(42)40-52)51-35-29-45(30-36-51)54-24-13-25-55-53-21-10-9-15-44(53)31-38-57(54)55/h1-41H. The van der Waals surface area contributed by atoms with Gasteiger partial charge in [-0.05, 0) is 141 Å². The molecule has 0 fully saturated rings. The SMILES string of the molecule is c1ccc(-c2c(-c3ccccc3)c3cc(-c4ccc(N(c5ccc(-c6cccc7c6ccc6ccccc67)cc5)c5ccc6ccccc6c5)cc4)ccc3c3ccccc23)cc1. The van der Waals surface area contributed by atoms with Crippen LogP contribution >= 0.6 is 0 Å². The van der Waals surface area contributed by atoms with Crippen molar-refractivity contribution in [2.24, 2.45) is 0 Å². The molecule has 12 rings (SSSR count). The maximum absolute atomic E-state index is 2.40. The molecule has 0 amide bonds. The van der Waals surface area contributed by atoms with E-state index >= 15 is 0 Å². The van der Waals surface area contributed by atoms with Crippen LogP contribution in [-0.2, 0) is 0 Å². The molecule has 0 saturated heterocycles. The second-order valence-corrected chi connectivity index (χ2v) is 16.4. The molecule has 0 unspecified atom stereocenters. The van der Waals surface area contributed by atoms with Crippen molar-refractivity contribution in [1.29, 1.82) is 0 Å². The lowest BCUT2D eigenvalue weighted by molar-refractivity contribution is 1.29. The van der Waals surface area contributed by atoms with Crippen molar-refractivity contribution in [2.45, 2.75) is 0 Å². The van der Waals surface area contributed by atoms with Crippen LogP contribution in [0.4, 0.5) is 17.1 Å². The van der Waals surface area contributed by atoms with E-state index in [4.69, 9.17) is 0 Å². The van der Waals surface area contributed by atoms with Crippen molar-refractivity contribution >= 4 is 70.9 Å². The Bertz CT molecular complexity index is 3650. The molecule has 12 aromatic carbocycles. The molecule has 0 aliphatic carbocycles. The number of hydrogen-bond acceptors (Lipinski definition) is 1. The fourth-order valence-corrected chi connectivity index (χ4v) is 9.83. The van der Waals surface area contributed by atoms with E-state index < -0.39 is 0 Å². The molecule has 0 bridgehead atoms. The Morgan fingerprint density at radius 2 is 0.683 bits per heavy atom. The topological polar surface area (TPSA) is 3.24 Å². The Morgan fingerprint density at radius 1 is 0.206 bits per heavy atom. The summed E-state index contributed by atoms with van der Waals surface area (Å²) < 4.78 is 0. The van der Waals surface area contributed by atoms with E-state index in [9.17, 15) is 0 Å². The lowest BCUT2D eigenvalue weighted by Crippen LogP contribution is -2.09. The van der Waals surface area contributed by atoms with Crippen LogP contribution in [0, 0.1) is 0 Å². The van der Waals surface area contributed by atoms with Gasteiger partial charge in [-0.25, -0.2) is 0 Å². The van der Waals surface area contributed by atoms with Gasteiger partial charge in [-0.2, -0.15) is 0 Å². The summed E-state index contributed by atoms with van der Waals surface area (Å²) >= 11 is 0. The lowest BCUT2D eigenvalue weighted by atomic mass is 9.84. The van der Waals surface area contributed by atoms with Gasteiger partial charge in [-0.1, -0.05) is 206 Å². The first-order valence-electron chi connectivity index (χ1n) is 21.7. The van der Waals surface area contributed by atoms with E-state index in [1.807, 2.05) is 0 Å². The molecule has 12 aromatic rings. The van der Waals surface area contributed by atoms with Crippen LogP contribution in [0.1, 0.15) is 0 Å². The normalized spacial score (nSPS) is 11.5. The largest absolute Gasteiger partial charge is 0.310 e. The summed E-state index contributed by atoms with van der Waals surface area (Å²) in [6, 6.07) is 91.0. The number of nitrogens with zero attached hydrogens (tertiary/aromatic N) is 1. The molecular formula is C62H41N. The van der Waals surface area contributed by atoms with Gasteiger partial charge >= 0.3 is 0 Å². The quantitative estimate of drug-likeness (QED) is 0.145. The molecule has 0 heterocycles. The summed E-state index contributed by atoms with van der Waals surface area (Å²) in [4.78, 5) is 2.38. The Balaban J connectivity index is 0.977. The van der Waals surface area contributed by atoms with Gasteiger partial charge in [0.1, 0.15) is 0 Å². The molecule has 294 valence electrons. The van der Waals surface area contributed by atoms with E-state index in [2.05, 4.69) is 254 Å². The first-order valence-corrected chi connectivity index (χ1v) is 21.7. The van der Waals surface area contributed by atoms with Gasteiger partial charge in [0, 0.05) is 17.1 Å². The lowest BCUT2D eigenvalue weighted by Gasteiger charge is -2.26. The Labute approximate surface area is 367 Å². The molecule has 0 aromatic heterocycles. The first-order chi connectivity index (χ1) is 31.2. The molecule has 0 atom stereocenters. The zero-order chi connectivity index (χ0) is 41.7. The Morgan fingerprint density at radius 3 is 1.40 bits per heavy atom. The molecule has 1 heteroatoms. The van der Waals surface area contributed by atoms with Gasteiger partial charge in [0.15, 0.2) is 0 Å². The van der Waals surface area contributed by atoms with Gasteiger partial charge in [0.05, 0.1) is 0 Å². The minimum Gasteiger partial charge on any atom is -0.310 e. The van der Waals surface area contributed by atoms with Crippen LogP contribution in [0.25, 0.3) is 98.4 Å². The molecule has 0 radical (unpaired) electrons. The number of hydrogen-bond donors (Lipinski definition) is 0. The first kappa shape index (κ1) is 36.6. The Kier molecular flexibility index (Phi) is 8.90. The minimum absolute atomic E-state index is 1.10. The number of benzene rings is 12. The van der Waals surface area contributed by atoms with E-state index in [0.717, 1.165) is 17.1 Å². The highest BCUT2D eigenvalue weighted by atomic mass is 15.1. The zero-order valence-corrected chi connectivity index (χ0v) is 34.6. The number of rotatable bonds is 7. The summed E-state index contributed by atoms with van der Waals surface area (Å²) in [5.41, 5.74) is 13.1. The molecule has 0 aliphatic heterocycles. The number of anilines is 3. The molecule has 63 heavy (non-hydrogen) atoms. The van der Waals surface area contributed by atoms with Crippen molar-refractivity contribution in [1.82, 2.24) is 0 Å². The molecule has 1 nitrogen and oxygen atoms in total.